The zero-order valence-electron chi connectivity index (χ0n) is 12.3. The number of likely N-dealkylation sites (N-methyl/N-ethyl adjacent to an activating group) is 1. The molecule has 0 aromatic carbocycles. The van der Waals surface area contributed by atoms with Gasteiger partial charge in [-0.2, -0.15) is 0 Å². The minimum atomic E-state index is 0.560. The molecule has 104 valence electrons. The highest BCUT2D eigenvalue weighted by Crippen LogP contribution is 2.05. The number of unbranched alkanes of at least 4 members (excludes halogenated alkanes) is 5. The number of ether oxygens (including phenoxy) is 1. The van der Waals surface area contributed by atoms with Gasteiger partial charge < -0.3 is 10.1 Å². The molecule has 0 aliphatic carbocycles. The van der Waals surface area contributed by atoms with Gasteiger partial charge in [-0.05, 0) is 19.4 Å². The Balaban J connectivity index is 3.23. The molecule has 0 fully saturated rings. The van der Waals surface area contributed by atoms with Gasteiger partial charge in [0.1, 0.15) is 0 Å². The zero-order valence-corrected chi connectivity index (χ0v) is 12.3. The van der Waals surface area contributed by atoms with Crippen LogP contribution in [0.5, 0.6) is 0 Å². The van der Waals surface area contributed by atoms with E-state index >= 15 is 0 Å². The topological polar surface area (TPSA) is 21.3 Å². The van der Waals surface area contributed by atoms with Crippen molar-refractivity contribution in [3.05, 3.63) is 0 Å². The second-order valence-corrected chi connectivity index (χ2v) is 4.89. The van der Waals surface area contributed by atoms with E-state index < -0.39 is 0 Å². The summed E-state index contributed by atoms with van der Waals surface area (Å²) >= 11 is 0. The molecule has 0 aliphatic heterocycles. The van der Waals surface area contributed by atoms with Gasteiger partial charge in [-0.25, -0.2) is 0 Å². The Morgan fingerprint density at radius 3 is 2.24 bits per heavy atom. The highest BCUT2D eigenvalue weighted by molar-refractivity contribution is 4.63. The minimum absolute atomic E-state index is 0.560. The molecule has 0 aromatic rings. The lowest BCUT2D eigenvalue weighted by Gasteiger charge is -2.17. The van der Waals surface area contributed by atoms with Crippen LogP contribution in [0.3, 0.4) is 0 Å². The molecular weight excluding hydrogens is 210 g/mol. The first-order chi connectivity index (χ1) is 8.35. The highest BCUT2D eigenvalue weighted by atomic mass is 16.5. The molecule has 1 N–H and O–H groups in total. The van der Waals surface area contributed by atoms with Crippen molar-refractivity contribution in [2.75, 3.05) is 19.8 Å². The quantitative estimate of drug-likeness (QED) is 0.491. The van der Waals surface area contributed by atoms with Crippen molar-refractivity contribution >= 4 is 0 Å². The van der Waals surface area contributed by atoms with Crippen molar-refractivity contribution in [3.8, 4) is 0 Å². The van der Waals surface area contributed by atoms with E-state index in [4.69, 9.17) is 4.74 Å². The molecule has 0 rings (SSSR count). The third-order valence-corrected chi connectivity index (χ3v) is 3.09. The van der Waals surface area contributed by atoms with Crippen LogP contribution in [0.15, 0.2) is 0 Å². The van der Waals surface area contributed by atoms with Crippen molar-refractivity contribution in [3.63, 3.8) is 0 Å². The average Bonchev–Trinajstić information content (AvgIpc) is 2.33. The van der Waals surface area contributed by atoms with Gasteiger partial charge in [0.2, 0.25) is 0 Å². The smallest absolute Gasteiger partial charge is 0.0619 e. The second-order valence-electron chi connectivity index (χ2n) is 4.89. The molecule has 1 unspecified atom stereocenters. The van der Waals surface area contributed by atoms with Gasteiger partial charge in [0.05, 0.1) is 6.61 Å². The van der Waals surface area contributed by atoms with E-state index in [2.05, 4.69) is 26.1 Å². The Kier molecular flexibility index (Phi) is 13.9. The molecule has 0 bridgehead atoms. The summed E-state index contributed by atoms with van der Waals surface area (Å²) in [5.74, 6) is 0. The fourth-order valence-electron chi connectivity index (χ4n) is 2.09. The van der Waals surface area contributed by atoms with E-state index in [0.717, 1.165) is 19.8 Å². The molecule has 0 radical (unpaired) electrons. The fraction of sp³-hybridized carbons (Fsp3) is 1.00. The largest absolute Gasteiger partial charge is 0.380 e. The third-order valence-electron chi connectivity index (χ3n) is 3.09. The summed E-state index contributed by atoms with van der Waals surface area (Å²) in [6.45, 7) is 9.53. The minimum Gasteiger partial charge on any atom is -0.380 e. The molecule has 0 saturated heterocycles. The Morgan fingerprint density at radius 2 is 1.59 bits per heavy atom. The lowest BCUT2D eigenvalue weighted by Crippen LogP contribution is -2.33. The maximum Gasteiger partial charge on any atom is 0.0619 e. The number of rotatable bonds is 13. The summed E-state index contributed by atoms with van der Waals surface area (Å²) < 4.78 is 5.74. The van der Waals surface area contributed by atoms with Crippen molar-refractivity contribution in [1.29, 1.82) is 0 Å². The summed E-state index contributed by atoms with van der Waals surface area (Å²) in [6.07, 6.45) is 10.5. The fourth-order valence-corrected chi connectivity index (χ4v) is 2.09. The summed E-state index contributed by atoms with van der Waals surface area (Å²) in [4.78, 5) is 0. The summed E-state index contributed by atoms with van der Waals surface area (Å²) in [7, 11) is 0. The standard InChI is InChI=1S/C15H33NO/c1-4-7-8-9-10-11-13-17-14-15(12-5-2)16-6-3/h15-16H,4-14H2,1-3H3. The molecule has 1 atom stereocenters. The molecule has 0 saturated carbocycles. The molecule has 0 spiro atoms. The number of nitrogens with one attached hydrogen (secondary N) is 1. The maximum atomic E-state index is 5.74. The van der Waals surface area contributed by atoms with Crippen molar-refractivity contribution < 1.29 is 4.74 Å². The van der Waals surface area contributed by atoms with Crippen LogP contribution < -0.4 is 5.32 Å². The van der Waals surface area contributed by atoms with Crippen LogP contribution in [0.25, 0.3) is 0 Å². The van der Waals surface area contributed by atoms with E-state index in [0.29, 0.717) is 6.04 Å². The molecular formula is C15H33NO. The monoisotopic (exact) mass is 243 g/mol. The SMILES string of the molecule is CCCCCCCCOCC(CCC)NCC. The van der Waals surface area contributed by atoms with Crippen LogP contribution in [0.2, 0.25) is 0 Å². The van der Waals surface area contributed by atoms with Gasteiger partial charge >= 0.3 is 0 Å². The molecule has 0 heterocycles. The van der Waals surface area contributed by atoms with E-state index in [1.807, 2.05) is 0 Å². The summed E-state index contributed by atoms with van der Waals surface area (Å²) in [6, 6.07) is 0.560. The van der Waals surface area contributed by atoms with Gasteiger partial charge in [-0.3, -0.25) is 0 Å². The van der Waals surface area contributed by atoms with Crippen LogP contribution in [-0.4, -0.2) is 25.8 Å². The second kappa shape index (κ2) is 14.0. The maximum absolute atomic E-state index is 5.74. The normalized spacial score (nSPS) is 12.9. The Morgan fingerprint density at radius 1 is 0.882 bits per heavy atom. The molecule has 2 nitrogen and oxygen atoms in total. The van der Waals surface area contributed by atoms with Gasteiger partial charge in [-0.15, -0.1) is 0 Å². The summed E-state index contributed by atoms with van der Waals surface area (Å²) in [5.41, 5.74) is 0. The van der Waals surface area contributed by atoms with E-state index in [1.165, 1.54) is 51.4 Å². The third kappa shape index (κ3) is 12.2. The van der Waals surface area contributed by atoms with Crippen LogP contribution in [0, 0.1) is 0 Å². The lowest BCUT2D eigenvalue weighted by atomic mass is 10.1. The number of hydrogen-bond acceptors (Lipinski definition) is 2. The molecule has 2 heteroatoms. The molecule has 17 heavy (non-hydrogen) atoms. The Labute approximate surface area is 109 Å². The Hall–Kier alpha value is -0.0800. The van der Waals surface area contributed by atoms with E-state index in [9.17, 15) is 0 Å². The predicted molar refractivity (Wildman–Crippen MR) is 76.6 cm³/mol. The first kappa shape index (κ1) is 16.9. The average molecular weight is 243 g/mol. The van der Waals surface area contributed by atoms with Gasteiger partial charge in [-0.1, -0.05) is 59.3 Å². The molecule has 0 aliphatic rings. The van der Waals surface area contributed by atoms with Crippen LogP contribution in [0.1, 0.15) is 72.1 Å². The molecule has 0 aromatic heterocycles. The molecule has 0 amide bonds. The van der Waals surface area contributed by atoms with Crippen LogP contribution in [-0.2, 0) is 4.74 Å². The predicted octanol–water partition coefficient (Wildman–Crippen LogP) is 4.14. The van der Waals surface area contributed by atoms with Crippen LogP contribution >= 0.6 is 0 Å². The van der Waals surface area contributed by atoms with Gasteiger partial charge in [0.15, 0.2) is 0 Å². The first-order valence-electron chi connectivity index (χ1n) is 7.66. The van der Waals surface area contributed by atoms with E-state index in [-0.39, 0.29) is 0 Å². The van der Waals surface area contributed by atoms with Gasteiger partial charge in [0, 0.05) is 12.6 Å². The van der Waals surface area contributed by atoms with Gasteiger partial charge in [0.25, 0.3) is 0 Å². The first-order valence-corrected chi connectivity index (χ1v) is 7.66. The van der Waals surface area contributed by atoms with Crippen LogP contribution in [0.4, 0.5) is 0 Å². The highest BCUT2D eigenvalue weighted by Gasteiger charge is 2.05. The van der Waals surface area contributed by atoms with Crippen molar-refractivity contribution in [2.24, 2.45) is 0 Å². The zero-order chi connectivity index (χ0) is 12.8. The lowest BCUT2D eigenvalue weighted by molar-refractivity contribution is 0.105. The van der Waals surface area contributed by atoms with E-state index in [1.54, 1.807) is 0 Å². The Bertz CT molecular complexity index is 133. The number of hydrogen-bond donors (Lipinski definition) is 1. The summed E-state index contributed by atoms with van der Waals surface area (Å²) in [5, 5.41) is 3.48. The van der Waals surface area contributed by atoms with Crippen molar-refractivity contribution in [2.45, 2.75) is 78.2 Å². The van der Waals surface area contributed by atoms with Crippen molar-refractivity contribution in [1.82, 2.24) is 5.32 Å².